The number of nitrogens with zero attached hydrogens (tertiary/aromatic N) is 1. The largest absolute Gasteiger partial charge is 0.490 e. The molecule has 2 aromatic carbocycles. The van der Waals surface area contributed by atoms with Crippen LogP contribution < -0.4 is 9.47 Å². The van der Waals surface area contributed by atoms with Crippen molar-refractivity contribution in [2.45, 2.75) is 20.0 Å². The van der Waals surface area contributed by atoms with Gasteiger partial charge in [0, 0.05) is 20.3 Å². The van der Waals surface area contributed by atoms with Crippen LogP contribution in [0.25, 0.3) is 6.08 Å². The quantitative estimate of drug-likeness (QED) is 0.219. The van der Waals surface area contributed by atoms with Crippen molar-refractivity contribution in [1.29, 1.82) is 0 Å². The van der Waals surface area contributed by atoms with Crippen molar-refractivity contribution in [3.63, 3.8) is 0 Å². The van der Waals surface area contributed by atoms with Crippen LogP contribution in [0.5, 0.6) is 11.5 Å². The van der Waals surface area contributed by atoms with Gasteiger partial charge >= 0.3 is 5.97 Å². The van der Waals surface area contributed by atoms with Crippen LogP contribution >= 0.6 is 34.4 Å². The molecule has 0 atom stereocenters. The lowest BCUT2D eigenvalue weighted by atomic mass is 10.1. The fourth-order valence-corrected chi connectivity index (χ4v) is 4.83. The lowest BCUT2D eigenvalue weighted by Gasteiger charge is -2.15. The highest BCUT2D eigenvalue weighted by Gasteiger charge is 2.34. The molecule has 10 heteroatoms. The minimum Gasteiger partial charge on any atom is -0.490 e. The van der Waals surface area contributed by atoms with Gasteiger partial charge in [0.25, 0.3) is 11.1 Å². The van der Waals surface area contributed by atoms with E-state index < -0.39 is 5.97 Å². The average molecular weight is 597 g/mol. The highest BCUT2D eigenvalue weighted by atomic mass is 127. The SMILES string of the molecule is CCOc1cc(/C=C2/SC(=O)N(CCCOC)C2=O)cc(I)c1OCc1ccc(C(=O)O)cc1. The molecule has 2 aromatic rings. The smallest absolute Gasteiger partial charge is 0.335 e. The summed E-state index contributed by atoms with van der Waals surface area (Å²) in [7, 11) is 1.58. The van der Waals surface area contributed by atoms with Gasteiger partial charge in [0.2, 0.25) is 0 Å². The number of imide groups is 1. The van der Waals surface area contributed by atoms with E-state index >= 15 is 0 Å². The standard InChI is InChI=1S/C24H24INO7S/c1-3-32-19-12-16(13-20-22(27)26(24(30)34-20)9-4-10-31-2)11-18(25)21(19)33-14-15-5-7-17(8-6-15)23(28)29/h5-8,11-13H,3-4,9-10,14H2,1-2H3,(H,28,29)/b20-13+. The molecule has 180 valence electrons. The number of carbonyl (C=O) groups excluding carboxylic acids is 2. The summed E-state index contributed by atoms with van der Waals surface area (Å²) in [4.78, 5) is 37.5. The zero-order chi connectivity index (χ0) is 24.7. The third kappa shape index (κ3) is 6.51. The molecule has 0 saturated carbocycles. The summed E-state index contributed by atoms with van der Waals surface area (Å²) in [6, 6.07) is 10.1. The monoisotopic (exact) mass is 597 g/mol. The Labute approximate surface area is 215 Å². The molecule has 1 N–H and O–H groups in total. The van der Waals surface area contributed by atoms with E-state index in [-0.39, 0.29) is 23.3 Å². The number of thioether (sulfide) groups is 1. The van der Waals surface area contributed by atoms with Crippen molar-refractivity contribution in [3.8, 4) is 11.5 Å². The van der Waals surface area contributed by atoms with Gasteiger partial charge in [-0.15, -0.1) is 0 Å². The van der Waals surface area contributed by atoms with E-state index in [1.165, 1.54) is 17.0 Å². The summed E-state index contributed by atoms with van der Waals surface area (Å²) in [5.74, 6) is -0.232. The number of ether oxygens (including phenoxy) is 3. The number of benzene rings is 2. The molecular formula is C24H24INO7S. The zero-order valence-electron chi connectivity index (χ0n) is 18.7. The zero-order valence-corrected chi connectivity index (χ0v) is 21.7. The Morgan fingerprint density at radius 3 is 2.56 bits per heavy atom. The van der Waals surface area contributed by atoms with Crippen LogP contribution in [0.2, 0.25) is 0 Å². The van der Waals surface area contributed by atoms with E-state index in [2.05, 4.69) is 22.6 Å². The normalized spacial score (nSPS) is 14.7. The fourth-order valence-electron chi connectivity index (χ4n) is 3.18. The molecule has 0 unspecified atom stereocenters. The number of rotatable bonds is 11. The molecule has 1 fully saturated rings. The maximum atomic E-state index is 12.7. The van der Waals surface area contributed by atoms with E-state index in [0.29, 0.717) is 48.1 Å². The van der Waals surface area contributed by atoms with Crippen LogP contribution in [0.15, 0.2) is 41.3 Å². The molecule has 0 spiro atoms. The maximum Gasteiger partial charge on any atom is 0.335 e. The predicted octanol–water partition coefficient (Wildman–Crippen LogP) is 5.04. The lowest BCUT2D eigenvalue weighted by Crippen LogP contribution is -2.29. The fraction of sp³-hybridized carbons (Fsp3) is 0.292. The first-order valence-corrected chi connectivity index (χ1v) is 12.4. The van der Waals surface area contributed by atoms with E-state index in [9.17, 15) is 14.4 Å². The highest BCUT2D eigenvalue weighted by Crippen LogP contribution is 2.38. The second kappa shape index (κ2) is 12.2. The average Bonchev–Trinajstić information content (AvgIpc) is 3.06. The van der Waals surface area contributed by atoms with Crippen molar-refractivity contribution in [2.24, 2.45) is 0 Å². The summed E-state index contributed by atoms with van der Waals surface area (Å²) >= 11 is 3.05. The first kappa shape index (κ1) is 26.0. The molecule has 3 rings (SSSR count). The number of amides is 2. The molecular weight excluding hydrogens is 573 g/mol. The Hall–Kier alpha value is -2.57. The topological polar surface area (TPSA) is 102 Å². The molecule has 0 aromatic heterocycles. The molecule has 1 heterocycles. The number of carbonyl (C=O) groups is 3. The van der Waals surface area contributed by atoms with Crippen LogP contribution in [-0.4, -0.2) is 54.0 Å². The summed E-state index contributed by atoms with van der Waals surface area (Å²) < 4.78 is 17.5. The number of carboxylic acids is 1. The van der Waals surface area contributed by atoms with E-state index in [1.54, 1.807) is 31.4 Å². The number of hydrogen-bond donors (Lipinski definition) is 1. The molecule has 1 saturated heterocycles. The van der Waals surface area contributed by atoms with Gasteiger partial charge in [-0.25, -0.2) is 4.79 Å². The molecule has 1 aliphatic heterocycles. The van der Waals surface area contributed by atoms with Gasteiger partial charge < -0.3 is 19.3 Å². The van der Waals surface area contributed by atoms with Crippen LogP contribution in [0.3, 0.4) is 0 Å². The molecule has 34 heavy (non-hydrogen) atoms. The highest BCUT2D eigenvalue weighted by molar-refractivity contribution is 14.1. The van der Waals surface area contributed by atoms with Crippen LogP contribution in [-0.2, 0) is 16.1 Å². The molecule has 0 radical (unpaired) electrons. The van der Waals surface area contributed by atoms with Gasteiger partial charge in [-0.05, 0) is 89.2 Å². The van der Waals surface area contributed by atoms with Gasteiger partial charge in [0.15, 0.2) is 11.5 Å². The van der Waals surface area contributed by atoms with Crippen LogP contribution in [0, 0.1) is 3.57 Å². The lowest BCUT2D eigenvalue weighted by molar-refractivity contribution is -0.122. The third-order valence-electron chi connectivity index (χ3n) is 4.82. The summed E-state index contributed by atoms with van der Waals surface area (Å²) in [6.45, 7) is 3.30. The Balaban J connectivity index is 1.78. The molecule has 1 aliphatic rings. The summed E-state index contributed by atoms with van der Waals surface area (Å²) in [5.41, 5.74) is 1.74. The first-order chi connectivity index (χ1) is 16.3. The number of aromatic carboxylic acids is 1. The number of halogens is 1. The summed E-state index contributed by atoms with van der Waals surface area (Å²) in [5, 5.41) is 8.74. The minimum atomic E-state index is -0.982. The van der Waals surface area contributed by atoms with Gasteiger partial charge in [-0.3, -0.25) is 14.5 Å². The van der Waals surface area contributed by atoms with Crippen LogP contribution in [0.1, 0.15) is 34.8 Å². The Kier molecular flexibility index (Phi) is 9.36. The van der Waals surface area contributed by atoms with Crippen molar-refractivity contribution in [3.05, 3.63) is 61.6 Å². The van der Waals surface area contributed by atoms with E-state index in [4.69, 9.17) is 19.3 Å². The Morgan fingerprint density at radius 2 is 1.91 bits per heavy atom. The van der Waals surface area contributed by atoms with Crippen LogP contribution in [0.4, 0.5) is 4.79 Å². The van der Waals surface area contributed by atoms with Gasteiger partial charge in [-0.2, -0.15) is 0 Å². The van der Waals surface area contributed by atoms with Gasteiger partial charge in [0.1, 0.15) is 6.61 Å². The minimum absolute atomic E-state index is 0.209. The van der Waals surface area contributed by atoms with Gasteiger partial charge in [-0.1, -0.05) is 12.1 Å². The molecule has 8 nitrogen and oxygen atoms in total. The molecule has 0 aliphatic carbocycles. The van der Waals surface area contributed by atoms with Crippen molar-refractivity contribution in [2.75, 3.05) is 26.9 Å². The van der Waals surface area contributed by atoms with E-state index in [1.807, 2.05) is 13.0 Å². The second-order valence-corrected chi connectivity index (χ2v) is 9.39. The Bertz CT molecular complexity index is 1100. The summed E-state index contributed by atoms with van der Waals surface area (Å²) in [6.07, 6.45) is 2.26. The molecule has 2 amide bonds. The van der Waals surface area contributed by atoms with E-state index in [0.717, 1.165) is 20.9 Å². The van der Waals surface area contributed by atoms with Crippen molar-refractivity contribution in [1.82, 2.24) is 4.90 Å². The molecule has 0 bridgehead atoms. The number of hydrogen-bond acceptors (Lipinski definition) is 7. The van der Waals surface area contributed by atoms with Gasteiger partial charge in [0.05, 0.1) is 20.6 Å². The number of carboxylic acid groups (broad SMARTS) is 1. The Morgan fingerprint density at radius 1 is 1.18 bits per heavy atom. The van der Waals surface area contributed by atoms with Crippen molar-refractivity contribution < 1.29 is 33.7 Å². The van der Waals surface area contributed by atoms with Crippen molar-refractivity contribution >= 4 is 57.5 Å². The maximum absolute atomic E-state index is 12.7. The second-order valence-electron chi connectivity index (χ2n) is 7.23. The predicted molar refractivity (Wildman–Crippen MR) is 137 cm³/mol. The first-order valence-electron chi connectivity index (χ1n) is 10.5. The third-order valence-corrected chi connectivity index (χ3v) is 6.53. The number of methoxy groups -OCH3 is 1.